The summed E-state index contributed by atoms with van der Waals surface area (Å²) in [7, 11) is 1.49. The molecule has 0 aromatic carbocycles. The second-order valence-corrected chi connectivity index (χ2v) is 4.90. The molecule has 1 heterocycles. The fourth-order valence-electron chi connectivity index (χ4n) is 1.42. The van der Waals surface area contributed by atoms with Gasteiger partial charge in [0.15, 0.2) is 0 Å². The van der Waals surface area contributed by atoms with Gasteiger partial charge in [0, 0.05) is 18.2 Å². The number of nitrogens with zero attached hydrogens (tertiary/aromatic N) is 1. The number of rotatable bonds is 7. The zero-order chi connectivity index (χ0) is 12.8. The van der Waals surface area contributed by atoms with Crippen LogP contribution in [-0.2, 0) is 16.0 Å². The molecule has 0 saturated carbocycles. The van der Waals surface area contributed by atoms with Gasteiger partial charge in [-0.05, 0) is 13.3 Å². The summed E-state index contributed by atoms with van der Waals surface area (Å²) in [5, 5.41) is 12.9. The normalized spacial score (nSPS) is 14.5. The number of carboxylic acid groups (broad SMARTS) is 1. The van der Waals surface area contributed by atoms with Gasteiger partial charge < -0.3 is 9.84 Å². The molecule has 96 valence electrons. The van der Waals surface area contributed by atoms with Crippen LogP contribution < -0.4 is 5.32 Å². The van der Waals surface area contributed by atoms with Crippen LogP contribution in [0, 0.1) is 0 Å². The van der Waals surface area contributed by atoms with Crippen LogP contribution in [0.1, 0.15) is 29.8 Å². The Kier molecular flexibility index (Phi) is 5.54. The van der Waals surface area contributed by atoms with Crippen LogP contribution in [0.5, 0.6) is 0 Å². The van der Waals surface area contributed by atoms with Crippen LogP contribution in [-0.4, -0.2) is 35.8 Å². The minimum absolute atomic E-state index is 0.0865. The molecule has 0 fully saturated rings. The lowest BCUT2D eigenvalue weighted by atomic mass is 10.2. The van der Waals surface area contributed by atoms with Crippen LogP contribution in [0.2, 0.25) is 0 Å². The number of methoxy groups -OCH3 is 1. The van der Waals surface area contributed by atoms with Gasteiger partial charge in [0.2, 0.25) is 0 Å². The van der Waals surface area contributed by atoms with Crippen LogP contribution in [0.15, 0.2) is 6.20 Å². The largest absolute Gasteiger partial charge is 0.480 e. The van der Waals surface area contributed by atoms with E-state index in [1.807, 2.05) is 13.1 Å². The predicted octanol–water partition coefficient (Wildman–Crippen LogP) is 1.46. The quantitative estimate of drug-likeness (QED) is 0.774. The smallest absolute Gasteiger partial charge is 0.323 e. The number of carboxylic acids is 1. The van der Waals surface area contributed by atoms with Crippen molar-refractivity contribution in [3.8, 4) is 0 Å². The Morgan fingerprint density at radius 1 is 1.71 bits per heavy atom. The SMILES string of the molecule is CCc1cnc(C(C)NC(COC)C(=O)O)s1. The molecule has 1 rings (SSSR count). The highest BCUT2D eigenvalue weighted by Crippen LogP contribution is 2.20. The summed E-state index contributed by atoms with van der Waals surface area (Å²) < 4.78 is 4.87. The number of nitrogens with one attached hydrogen (secondary N) is 1. The number of ether oxygens (including phenoxy) is 1. The lowest BCUT2D eigenvalue weighted by molar-refractivity contribution is -0.141. The zero-order valence-electron chi connectivity index (χ0n) is 10.3. The third kappa shape index (κ3) is 4.07. The summed E-state index contributed by atoms with van der Waals surface area (Å²) in [6, 6.07) is -0.791. The van der Waals surface area contributed by atoms with E-state index in [1.165, 1.54) is 12.0 Å². The van der Waals surface area contributed by atoms with E-state index in [0.29, 0.717) is 0 Å². The van der Waals surface area contributed by atoms with Crippen molar-refractivity contribution in [1.29, 1.82) is 0 Å². The highest BCUT2D eigenvalue weighted by molar-refractivity contribution is 7.11. The number of aryl methyl sites for hydroxylation is 1. The fraction of sp³-hybridized carbons (Fsp3) is 0.636. The Morgan fingerprint density at radius 2 is 2.41 bits per heavy atom. The fourth-order valence-corrected chi connectivity index (χ4v) is 2.29. The molecular weight excluding hydrogens is 240 g/mol. The molecule has 5 nitrogen and oxygen atoms in total. The van der Waals surface area contributed by atoms with Gasteiger partial charge in [-0.1, -0.05) is 6.92 Å². The summed E-state index contributed by atoms with van der Waals surface area (Å²) in [5.41, 5.74) is 0. The van der Waals surface area contributed by atoms with Crippen molar-refractivity contribution in [2.24, 2.45) is 0 Å². The van der Waals surface area contributed by atoms with Crippen molar-refractivity contribution in [3.05, 3.63) is 16.1 Å². The van der Waals surface area contributed by atoms with Gasteiger partial charge in [0.25, 0.3) is 0 Å². The van der Waals surface area contributed by atoms with Crippen molar-refractivity contribution < 1.29 is 14.6 Å². The van der Waals surface area contributed by atoms with Crippen molar-refractivity contribution in [3.63, 3.8) is 0 Å². The maximum Gasteiger partial charge on any atom is 0.323 e. The zero-order valence-corrected chi connectivity index (χ0v) is 11.1. The molecule has 0 aliphatic heterocycles. The van der Waals surface area contributed by atoms with E-state index in [9.17, 15) is 4.79 Å². The van der Waals surface area contributed by atoms with Gasteiger partial charge in [-0.2, -0.15) is 0 Å². The summed E-state index contributed by atoms with van der Waals surface area (Å²) >= 11 is 1.61. The van der Waals surface area contributed by atoms with Crippen LogP contribution in [0.25, 0.3) is 0 Å². The molecule has 0 aliphatic carbocycles. The summed E-state index contributed by atoms with van der Waals surface area (Å²) in [5.74, 6) is -0.911. The molecule has 0 radical (unpaired) electrons. The van der Waals surface area contributed by atoms with Gasteiger partial charge >= 0.3 is 5.97 Å². The van der Waals surface area contributed by atoms with Crippen LogP contribution in [0.4, 0.5) is 0 Å². The summed E-state index contributed by atoms with van der Waals surface area (Å²) in [6.45, 7) is 4.12. The molecule has 0 saturated heterocycles. The average molecular weight is 258 g/mol. The van der Waals surface area contributed by atoms with E-state index in [-0.39, 0.29) is 12.6 Å². The standard InChI is InChI=1S/C11H18N2O3S/c1-4-8-5-12-10(17-8)7(2)13-9(6-16-3)11(14)15/h5,7,9,13H,4,6H2,1-3H3,(H,14,15). The number of hydrogen-bond donors (Lipinski definition) is 2. The Balaban J connectivity index is 2.62. The van der Waals surface area contributed by atoms with E-state index in [2.05, 4.69) is 17.2 Å². The van der Waals surface area contributed by atoms with E-state index in [0.717, 1.165) is 11.4 Å². The minimum Gasteiger partial charge on any atom is -0.480 e. The molecule has 2 unspecified atom stereocenters. The van der Waals surface area contributed by atoms with Crippen molar-refractivity contribution in [1.82, 2.24) is 10.3 Å². The summed E-state index contributed by atoms with van der Waals surface area (Å²) in [4.78, 5) is 16.4. The number of carbonyl (C=O) groups is 1. The molecule has 2 N–H and O–H groups in total. The predicted molar refractivity (Wildman–Crippen MR) is 66.3 cm³/mol. The molecule has 0 spiro atoms. The third-order valence-corrected chi connectivity index (χ3v) is 3.70. The lowest BCUT2D eigenvalue weighted by Gasteiger charge is -2.17. The number of thiazole rings is 1. The van der Waals surface area contributed by atoms with Gasteiger partial charge in [-0.15, -0.1) is 11.3 Å². The number of aliphatic carboxylic acids is 1. The first-order chi connectivity index (χ1) is 8.08. The highest BCUT2D eigenvalue weighted by atomic mass is 32.1. The molecule has 1 aromatic heterocycles. The molecule has 2 atom stereocenters. The van der Waals surface area contributed by atoms with E-state index in [4.69, 9.17) is 9.84 Å². The number of hydrogen-bond acceptors (Lipinski definition) is 5. The van der Waals surface area contributed by atoms with Gasteiger partial charge in [0.1, 0.15) is 11.0 Å². The van der Waals surface area contributed by atoms with E-state index in [1.54, 1.807) is 11.3 Å². The van der Waals surface area contributed by atoms with Gasteiger partial charge in [-0.3, -0.25) is 10.1 Å². The number of aromatic nitrogens is 1. The van der Waals surface area contributed by atoms with E-state index >= 15 is 0 Å². The monoisotopic (exact) mass is 258 g/mol. The van der Waals surface area contributed by atoms with E-state index < -0.39 is 12.0 Å². The minimum atomic E-state index is -0.911. The molecule has 0 aliphatic rings. The van der Waals surface area contributed by atoms with Crippen LogP contribution in [0.3, 0.4) is 0 Å². The third-order valence-electron chi connectivity index (χ3n) is 2.37. The molecule has 1 aromatic rings. The van der Waals surface area contributed by atoms with Crippen molar-refractivity contribution >= 4 is 17.3 Å². The first-order valence-corrected chi connectivity index (χ1v) is 6.32. The maximum absolute atomic E-state index is 11.0. The Labute approximate surface area is 105 Å². The maximum atomic E-state index is 11.0. The van der Waals surface area contributed by atoms with Crippen molar-refractivity contribution in [2.75, 3.05) is 13.7 Å². The molecule has 6 heteroatoms. The molecule has 0 bridgehead atoms. The highest BCUT2D eigenvalue weighted by Gasteiger charge is 2.21. The van der Waals surface area contributed by atoms with Gasteiger partial charge in [0.05, 0.1) is 12.6 Å². The molecular formula is C11H18N2O3S. The Morgan fingerprint density at radius 3 is 2.88 bits per heavy atom. The lowest BCUT2D eigenvalue weighted by Crippen LogP contribution is -2.41. The summed E-state index contributed by atoms with van der Waals surface area (Å²) in [6.07, 6.45) is 2.79. The topological polar surface area (TPSA) is 71.5 Å². The Bertz CT molecular complexity index is 367. The first kappa shape index (κ1) is 14.1. The first-order valence-electron chi connectivity index (χ1n) is 5.50. The Hall–Kier alpha value is -0.980. The van der Waals surface area contributed by atoms with Crippen molar-refractivity contribution in [2.45, 2.75) is 32.4 Å². The average Bonchev–Trinajstić information content (AvgIpc) is 2.76. The molecule has 17 heavy (non-hydrogen) atoms. The second kappa shape index (κ2) is 6.68. The van der Waals surface area contributed by atoms with Crippen LogP contribution >= 0.6 is 11.3 Å². The molecule has 0 amide bonds. The second-order valence-electron chi connectivity index (χ2n) is 3.75. The van der Waals surface area contributed by atoms with Gasteiger partial charge in [-0.25, -0.2) is 4.98 Å².